The van der Waals surface area contributed by atoms with Gasteiger partial charge in [0.25, 0.3) is 5.91 Å². The van der Waals surface area contributed by atoms with Crippen LogP contribution in [-0.2, 0) is 12.7 Å². The Kier molecular flexibility index (Phi) is 4.91. The number of amides is 1. The second-order valence-corrected chi connectivity index (χ2v) is 6.69. The topological polar surface area (TPSA) is 23.6 Å². The first kappa shape index (κ1) is 17.0. The van der Waals surface area contributed by atoms with Crippen molar-refractivity contribution in [2.45, 2.75) is 12.7 Å². The third kappa shape index (κ3) is 3.96. The van der Waals surface area contributed by atoms with Gasteiger partial charge in [-0.3, -0.25) is 9.69 Å². The molecule has 0 saturated carbocycles. The van der Waals surface area contributed by atoms with Crippen molar-refractivity contribution in [2.75, 3.05) is 26.2 Å². The predicted molar refractivity (Wildman–Crippen MR) is 86.9 cm³/mol. The molecule has 128 valence electrons. The number of thiophene rings is 1. The van der Waals surface area contributed by atoms with E-state index < -0.39 is 11.7 Å². The first-order valence-electron chi connectivity index (χ1n) is 7.65. The summed E-state index contributed by atoms with van der Waals surface area (Å²) in [5, 5.41) is 1.88. The fraction of sp³-hybridized carbons (Fsp3) is 0.353. The Morgan fingerprint density at radius 1 is 1.04 bits per heavy atom. The highest BCUT2D eigenvalue weighted by Gasteiger charge is 2.30. The molecular formula is C17H17F3N2OS. The van der Waals surface area contributed by atoms with E-state index in [0.717, 1.165) is 35.7 Å². The van der Waals surface area contributed by atoms with Gasteiger partial charge in [-0.25, -0.2) is 0 Å². The van der Waals surface area contributed by atoms with Crippen molar-refractivity contribution in [3.8, 4) is 0 Å². The number of carbonyl (C=O) groups is 1. The minimum absolute atomic E-state index is 0.0548. The lowest BCUT2D eigenvalue weighted by molar-refractivity contribution is -0.137. The normalized spacial score (nSPS) is 16.4. The summed E-state index contributed by atoms with van der Waals surface area (Å²) in [4.78, 5) is 17.0. The summed E-state index contributed by atoms with van der Waals surface area (Å²) in [5.41, 5.74) is 0.221. The lowest BCUT2D eigenvalue weighted by Crippen LogP contribution is -2.48. The molecule has 1 aliphatic heterocycles. The number of nitrogens with zero attached hydrogens (tertiary/aromatic N) is 2. The van der Waals surface area contributed by atoms with Gasteiger partial charge in [-0.15, -0.1) is 11.3 Å². The summed E-state index contributed by atoms with van der Waals surface area (Å²) < 4.78 is 37.7. The average molecular weight is 354 g/mol. The third-order valence-corrected chi connectivity index (χ3v) is 4.94. The van der Waals surface area contributed by atoms with E-state index in [1.807, 2.05) is 22.4 Å². The van der Waals surface area contributed by atoms with Crippen molar-refractivity contribution < 1.29 is 18.0 Å². The summed E-state index contributed by atoms with van der Waals surface area (Å²) in [5.74, 6) is 0.0548. The largest absolute Gasteiger partial charge is 0.416 e. The van der Waals surface area contributed by atoms with Gasteiger partial charge in [0.15, 0.2) is 0 Å². The van der Waals surface area contributed by atoms with Gasteiger partial charge in [0.1, 0.15) is 0 Å². The number of alkyl halides is 3. The molecule has 1 aliphatic rings. The lowest BCUT2D eigenvalue weighted by atomic mass is 10.1. The number of piperazine rings is 1. The molecule has 3 rings (SSSR count). The molecule has 1 aromatic carbocycles. The van der Waals surface area contributed by atoms with Crippen LogP contribution in [0.2, 0.25) is 0 Å². The Labute approximate surface area is 142 Å². The predicted octanol–water partition coefficient (Wildman–Crippen LogP) is 3.72. The zero-order valence-electron chi connectivity index (χ0n) is 12.9. The molecule has 0 aliphatic carbocycles. The maximum absolute atomic E-state index is 12.6. The number of benzene rings is 1. The number of hydrogen-bond donors (Lipinski definition) is 0. The third-order valence-electron chi connectivity index (χ3n) is 4.08. The molecule has 24 heavy (non-hydrogen) atoms. The molecule has 0 radical (unpaired) electrons. The van der Waals surface area contributed by atoms with Crippen LogP contribution < -0.4 is 0 Å². The molecule has 1 fully saturated rings. The molecule has 7 heteroatoms. The Morgan fingerprint density at radius 3 is 2.25 bits per heavy atom. The molecule has 2 aromatic rings. The van der Waals surface area contributed by atoms with Crippen molar-refractivity contribution in [1.29, 1.82) is 0 Å². The minimum atomic E-state index is -4.30. The van der Waals surface area contributed by atoms with E-state index in [1.54, 1.807) is 0 Å². The van der Waals surface area contributed by atoms with Crippen LogP contribution in [0, 0.1) is 0 Å². The molecule has 0 spiro atoms. The van der Waals surface area contributed by atoms with Gasteiger partial charge in [0.05, 0.1) is 10.4 Å². The summed E-state index contributed by atoms with van der Waals surface area (Å²) in [6.45, 7) is 3.31. The molecule has 0 N–H and O–H groups in total. The van der Waals surface area contributed by atoms with Gasteiger partial charge in [0, 0.05) is 32.7 Å². The SMILES string of the molecule is O=C(c1cccs1)N1CCN(Cc2ccc(C(F)(F)F)cc2)CC1. The number of halogens is 3. The lowest BCUT2D eigenvalue weighted by Gasteiger charge is -2.34. The van der Waals surface area contributed by atoms with Crippen molar-refractivity contribution in [2.24, 2.45) is 0 Å². The van der Waals surface area contributed by atoms with E-state index in [-0.39, 0.29) is 5.91 Å². The van der Waals surface area contributed by atoms with E-state index in [1.165, 1.54) is 23.5 Å². The fourth-order valence-corrected chi connectivity index (χ4v) is 3.41. The zero-order chi connectivity index (χ0) is 17.2. The van der Waals surface area contributed by atoms with Gasteiger partial charge in [0.2, 0.25) is 0 Å². The van der Waals surface area contributed by atoms with Gasteiger partial charge in [-0.05, 0) is 29.1 Å². The second-order valence-electron chi connectivity index (χ2n) is 5.74. The molecule has 1 amide bonds. The molecular weight excluding hydrogens is 337 g/mol. The van der Waals surface area contributed by atoms with E-state index in [9.17, 15) is 18.0 Å². The first-order chi connectivity index (χ1) is 11.4. The Bertz CT molecular complexity index is 675. The average Bonchev–Trinajstić information content (AvgIpc) is 3.09. The van der Waals surface area contributed by atoms with E-state index in [2.05, 4.69) is 4.90 Å². The highest BCUT2D eigenvalue weighted by Crippen LogP contribution is 2.29. The monoisotopic (exact) mass is 354 g/mol. The standard InChI is InChI=1S/C17H17F3N2OS/c18-17(19,20)14-5-3-13(4-6-14)12-21-7-9-22(10-8-21)16(23)15-2-1-11-24-15/h1-6,11H,7-10,12H2. The zero-order valence-corrected chi connectivity index (χ0v) is 13.7. The van der Waals surface area contributed by atoms with Crippen molar-refractivity contribution >= 4 is 17.2 Å². The van der Waals surface area contributed by atoms with Crippen LogP contribution in [0.15, 0.2) is 41.8 Å². The summed E-state index contributed by atoms with van der Waals surface area (Å²) >= 11 is 1.43. The van der Waals surface area contributed by atoms with Crippen LogP contribution in [0.4, 0.5) is 13.2 Å². The van der Waals surface area contributed by atoms with Gasteiger partial charge in [-0.1, -0.05) is 18.2 Å². The van der Waals surface area contributed by atoms with Crippen LogP contribution in [0.5, 0.6) is 0 Å². The van der Waals surface area contributed by atoms with Crippen molar-refractivity contribution in [3.63, 3.8) is 0 Å². The van der Waals surface area contributed by atoms with Crippen molar-refractivity contribution in [3.05, 3.63) is 57.8 Å². The molecule has 0 atom stereocenters. The van der Waals surface area contributed by atoms with E-state index >= 15 is 0 Å². The van der Waals surface area contributed by atoms with E-state index in [4.69, 9.17) is 0 Å². The van der Waals surface area contributed by atoms with Crippen molar-refractivity contribution in [1.82, 2.24) is 9.80 Å². The molecule has 3 nitrogen and oxygen atoms in total. The summed E-state index contributed by atoms with van der Waals surface area (Å²) in [6, 6.07) is 8.95. The van der Waals surface area contributed by atoms with Crippen LogP contribution in [0.25, 0.3) is 0 Å². The fourth-order valence-electron chi connectivity index (χ4n) is 2.72. The Hall–Kier alpha value is -1.86. The highest BCUT2D eigenvalue weighted by atomic mass is 32.1. The summed E-state index contributed by atoms with van der Waals surface area (Å²) in [6.07, 6.45) is -4.30. The smallest absolute Gasteiger partial charge is 0.335 e. The number of hydrogen-bond acceptors (Lipinski definition) is 3. The van der Waals surface area contributed by atoms with Crippen LogP contribution in [-0.4, -0.2) is 41.9 Å². The Balaban J connectivity index is 1.53. The van der Waals surface area contributed by atoms with Crippen LogP contribution in [0.1, 0.15) is 20.8 Å². The first-order valence-corrected chi connectivity index (χ1v) is 8.53. The maximum Gasteiger partial charge on any atom is 0.416 e. The minimum Gasteiger partial charge on any atom is -0.335 e. The maximum atomic E-state index is 12.6. The van der Waals surface area contributed by atoms with Gasteiger partial charge >= 0.3 is 6.18 Å². The molecule has 0 bridgehead atoms. The van der Waals surface area contributed by atoms with Crippen LogP contribution in [0.3, 0.4) is 0 Å². The molecule has 2 heterocycles. The quantitative estimate of drug-likeness (QED) is 0.839. The highest BCUT2D eigenvalue weighted by molar-refractivity contribution is 7.12. The van der Waals surface area contributed by atoms with Gasteiger partial charge in [-0.2, -0.15) is 13.2 Å². The molecule has 1 saturated heterocycles. The number of rotatable bonds is 3. The molecule has 1 aromatic heterocycles. The number of carbonyl (C=O) groups excluding carboxylic acids is 1. The summed E-state index contributed by atoms with van der Waals surface area (Å²) in [7, 11) is 0. The van der Waals surface area contributed by atoms with Gasteiger partial charge < -0.3 is 4.90 Å². The van der Waals surface area contributed by atoms with E-state index in [0.29, 0.717) is 19.6 Å². The Morgan fingerprint density at radius 2 is 1.71 bits per heavy atom. The van der Waals surface area contributed by atoms with Crippen LogP contribution >= 0.6 is 11.3 Å². The second kappa shape index (κ2) is 6.94. The molecule has 0 unspecified atom stereocenters.